The number of hydrogen-bond donors (Lipinski definition) is 0. The van der Waals surface area contributed by atoms with Gasteiger partial charge < -0.3 is 14.2 Å². The summed E-state index contributed by atoms with van der Waals surface area (Å²) in [6.45, 7) is 6.46. The molecule has 1 unspecified atom stereocenters. The molecule has 0 amide bonds. The van der Waals surface area contributed by atoms with Crippen molar-refractivity contribution >= 4 is 17.9 Å². The predicted octanol–water partition coefficient (Wildman–Crippen LogP) is 21.9. The maximum atomic E-state index is 12.9. The summed E-state index contributed by atoms with van der Waals surface area (Å²) in [4.78, 5) is 38.3. The van der Waals surface area contributed by atoms with Crippen molar-refractivity contribution in [3.8, 4) is 0 Å². The molecule has 0 aliphatic carbocycles. The van der Waals surface area contributed by atoms with Crippen LogP contribution in [0.25, 0.3) is 0 Å². The van der Waals surface area contributed by atoms with Crippen molar-refractivity contribution in [1.82, 2.24) is 0 Å². The van der Waals surface area contributed by atoms with E-state index in [2.05, 4.69) is 106 Å². The molecule has 0 saturated heterocycles. The molecule has 0 aliphatic heterocycles. The van der Waals surface area contributed by atoms with Gasteiger partial charge in [0.1, 0.15) is 13.2 Å². The molecule has 0 aromatic carbocycles. The van der Waals surface area contributed by atoms with Crippen LogP contribution in [0.15, 0.2) is 85.1 Å². The Morgan fingerprint density at radius 2 is 0.547 bits per heavy atom. The van der Waals surface area contributed by atoms with Gasteiger partial charge in [0.05, 0.1) is 0 Å². The lowest BCUT2D eigenvalue weighted by Gasteiger charge is -2.18. The molecule has 0 aromatic rings. The number of allylic oxidation sites excluding steroid dienone is 14. The maximum absolute atomic E-state index is 12.9. The average molecular weight is 1050 g/mol. The second-order valence-electron chi connectivity index (χ2n) is 21.3. The number of ether oxygens (including phenoxy) is 3. The monoisotopic (exact) mass is 1040 g/mol. The van der Waals surface area contributed by atoms with E-state index in [1.54, 1.807) is 0 Å². The van der Waals surface area contributed by atoms with Gasteiger partial charge in [-0.15, -0.1) is 0 Å². The fourth-order valence-electron chi connectivity index (χ4n) is 9.06. The average Bonchev–Trinajstić information content (AvgIpc) is 3.41. The summed E-state index contributed by atoms with van der Waals surface area (Å²) < 4.78 is 16.9. The van der Waals surface area contributed by atoms with Gasteiger partial charge in [-0.1, -0.05) is 273 Å². The highest BCUT2D eigenvalue weighted by molar-refractivity contribution is 5.71. The van der Waals surface area contributed by atoms with Crippen molar-refractivity contribution in [2.75, 3.05) is 13.2 Å². The second-order valence-corrected chi connectivity index (χ2v) is 21.3. The van der Waals surface area contributed by atoms with Gasteiger partial charge >= 0.3 is 17.9 Å². The third-order valence-corrected chi connectivity index (χ3v) is 13.8. The van der Waals surface area contributed by atoms with Crippen LogP contribution in [0.2, 0.25) is 0 Å². The van der Waals surface area contributed by atoms with E-state index in [4.69, 9.17) is 14.2 Å². The molecule has 0 saturated carbocycles. The highest BCUT2D eigenvalue weighted by Gasteiger charge is 2.19. The van der Waals surface area contributed by atoms with Gasteiger partial charge in [0.2, 0.25) is 0 Å². The Morgan fingerprint density at radius 3 is 0.867 bits per heavy atom. The molecule has 0 rings (SSSR count). The largest absolute Gasteiger partial charge is 0.462 e. The fraction of sp³-hybridized carbons (Fsp3) is 0.754. The Bertz CT molecular complexity index is 1430. The number of carbonyl (C=O) groups is 3. The Morgan fingerprint density at radius 1 is 0.280 bits per heavy atom. The van der Waals surface area contributed by atoms with Crippen molar-refractivity contribution in [2.45, 2.75) is 322 Å². The zero-order chi connectivity index (χ0) is 54.3. The number of hydrogen-bond acceptors (Lipinski definition) is 6. The first-order valence-corrected chi connectivity index (χ1v) is 32.1. The van der Waals surface area contributed by atoms with Gasteiger partial charge in [-0.05, 0) is 109 Å². The molecular formula is C69H120O6. The molecule has 0 fully saturated rings. The minimum absolute atomic E-state index is 0.0838. The maximum Gasteiger partial charge on any atom is 0.306 e. The summed E-state index contributed by atoms with van der Waals surface area (Å²) in [5.74, 6) is -0.898. The molecule has 0 radical (unpaired) electrons. The van der Waals surface area contributed by atoms with Crippen LogP contribution in [0.5, 0.6) is 0 Å². The summed E-state index contributed by atoms with van der Waals surface area (Å²) in [6.07, 6.45) is 83.1. The van der Waals surface area contributed by atoms with Crippen LogP contribution in [0.3, 0.4) is 0 Å². The minimum Gasteiger partial charge on any atom is -0.462 e. The van der Waals surface area contributed by atoms with Gasteiger partial charge in [-0.2, -0.15) is 0 Å². The van der Waals surface area contributed by atoms with E-state index in [0.717, 1.165) is 122 Å². The Labute approximate surface area is 465 Å². The molecule has 432 valence electrons. The summed E-state index contributed by atoms with van der Waals surface area (Å²) >= 11 is 0. The normalized spacial score (nSPS) is 12.6. The van der Waals surface area contributed by atoms with Crippen molar-refractivity contribution in [3.05, 3.63) is 85.1 Å². The summed E-state index contributed by atoms with van der Waals surface area (Å²) in [5.41, 5.74) is 0. The second kappa shape index (κ2) is 63.1. The van der Waals surface area contributed by atoms with Crippen LogP contribution < -0.4 is 0 Å². The van der Waals surface area contributed by atoms with E-state index < -0.39 is 6.10 Å². The van der Waals surface area contributed by atoms with Gasteiger partial charge in [0, 0.05) is 19.3 Å². The number of esters is 3. The first-order chi connectivity index (χ1) is 37.0. The van der Waals surface area contributed by atoms with Gasteiger partial charge in [-0.25, -0.2) is 0 Å². The first-order valence-electron chi connectivity index (χ1n) is 32.1. The van der Waals surface area contributed by atoms with Crippen molar-refractivity contribution < 1.29 is 28.6 Å². The van der Waals surface area contributed by atoms with Gasteiger partial charge in [0.25, 0.3) is 0 Å². The lowest BCUT2D eigenvalue weighted by molar-refractivity contribution is -0.167. The van der Waals surface area contributed by atoms with E-state index >= 15 is 0 Å². The highest BCUT2D eigenvalue weighted by Crippen LogP contribution is 2.16. The molecule has 0 bridgehead atoms. The third-order valence-electron chi connectivity index (χ3n) is 13.8. The number of unbranched alkanes of at least 4 members (excludes halogenated alkanes) is 33. The lowest BCUT2D eigenvalue weighted by atomic mass is 10.0. The van der Waals surface area contributed by atoms with Crippen LogP contribution in [0.4, 0.5) is 0 Å². The molecule has 0 aliphatic rings. The molecule has 6 nitrogen and oxygen atoms in total. The van der Waals surface area contributed by atoms with Gasteiger partial charge in [-0.3, -0.25) is 14.4 Å². The van der Waals surface area contributed by atoms with Crippen LogP contribution in [0.1, 0.15) is 316 Å². The molecular weight excluding hydrogens is 925 g/mol. The summed E-state index contributed by atoms with van der Waals surface area (Å²) in [6, 6.07) is 0. The van der Waals surface area contributed by atoms with Gasteiger partial charge in [0.15, 0.2) is 6.10 Å². The Hall–Kier alpha value is -3.41. The van der Waals surface area contributed by atoms with E-state index in [9.17, 15) is 14.4 Å². The van der Waals surface area contributed by atoms with E-state index in [0.29, 0.717) is 19.3 Å². The number of carbonyl (C=O) groups excluding carboxylic acids is 3. The Kier molecular flexibility index (Phi) is 60.3. The van der Waals surface area contributed by atoms with Crippen LogP contribution in [-0.4, -0.2) is 37.2 Å². The molecule has 6 heteroatoms. The fourth-order valence-corrected chi connectivity index (χ4v) is 9.06. The Balaban J connectivity index is 4.26. The zero-order valence-corrected chi connectivity index (χ0v) is 49.6. The standard InChI is InChI=1S/C69H120O6/c1-4-7-10-13-16-19-22-25-27-29-30-31-32-33-34-35-36-37-38-40-41-44-47-50-53-56-59-62-68(71)74-65-66(64-73-67(70)61-58-55-52-49-46-43-24-21-18-15-12-9-6-3)75-69(72)63-60-57-54-51-48-45-42-39-28-26-23-20-17-14-11-8-5-2/h8,11-12,15,17,20-22,24-26,28-30,66H,4-7,9-10,13-14,16,18-19,23,27,31-65H2,1-3H3/b11-8-,15-12-,20-17-,24-21-,25-22-,28-26-,30-29-. The zero-order valence-electron chi connectivity index (χ0n) is 49.6. The van der Waals surface area contributed by atoms with E-state index in [1.165, 1.54) is 154 Å². The smallest absolute Gasteiger partial charge is 0.306 e. The molecule has 1 atom stereocenters. The summed E-state index contributed by atoms with van der Waals surface area (Å²) in [5, 5.41) is 0. The number of rotatable bonds is 58. The highest BCUT2D eigenvalue weighted by atomic mass is 16.6. The van der Waals surface area contributed by atoms with Crippen molar-refractivity contribution in [1.29, 1.82) is 0 Å². The quantitative estimate of drug-likeness (QED) is 0.0261. The topological polar surface area (TPSA) is 78.9 Å². The van der Waals surface area contributed by atoms with Crippen molar-refractivity contribution in [3.63, 3.8) is 0 Å². The molecule has 0 spiro atoms. The lowest BCUT2D eigenvalue weighted by Crippen LogP contribution is -2.30. The van der Waals surface area contributed by atoms with Crippen molar-refractivity contribution in [2.24, 2.45) is 0 Å². The van der Waals surface area contributed by atoms with E-state index in [-0.39, 0.29) is 31.1 Å². The van der Waals surface area contributed by atoms with Crippen LogP contribution in [0, 0.1) is 0 Å². The predicted molar refractivity (Wildman–Crippen MR) is 325 cm³/mol. The van der Waals surface area contributed by atoms with E-state index in [1.807, 2.05) is 0 Å². The summed E-state index contributed by atoms with van der Waals surface area (Å²) in [7, 11) is 0. The molecule has 0 N–H and O–H groups in total. The molecule has 0 heterocycles. The minimum atomic E-state index is -0.788. The molecule has 0 aromatic heterocycles. The SMILES string of the molecule is CC/C=C\C/C=C\C/C=C\CCCCCCCCCC(=O)OC(COC(=O)CCCCCCC/C=C\C/C=C\CCC)COC(=O)CCCCCCCCCCCCCCCCC/C=C\C/C=C\CCCCCCC. The van der Waals surface area contributed by atoms with Crippen LogP contribution >= 0.6 is 0 Å². The first kappa shape index (κ1) is 71.6. The third kappa shape index (κ3) is 61.3. The molecule has 75 heavy (non-hydrogen) atoms. The van der Waals surface area contributed by atoms with Crippen LogP contribution in [-0.2, 0) is 28.6 Å².